The van der Waals surface area contributed by atoms with E-state index in [-0.39, 0.29) is 5.54 Å². The number of ether oxygens (including phenoxy) is 1. The molecule has 1 aliphatic carbocycles. The van der Waals surface area contributed by atoms with E-state index in [1.54, 1.807) is 19.5 Å². The van der Waals surface area contributed by atoms with Crippen LogP contribution in [0.15, 0.2) is 18.5 Å². The number of rotatable bonds is 4. The van der Waals surface area contributed by atoms with Crippen LogP contribution in [0.4, 0.5) is 11.6 Å². The second-order valence-corrected chi connectivity index (χ2v) is 6.91. The first-order chi connectivity index (χ1) is 11.0. The number of nitrogens with one attached hydrogen (secondary N) is 1. The largest absolute Gasteiger partial charge is 0.480 e. The molecule has 2 aromatic rings. The Morgan fingerprint density at radius 2 is 2.13 bits per heavy atom. The van der Waals surface area contributed by atoms with Gasteiger partial charge in [0.25, 0.3) is 0 Å². The standard InChI is InChI=1S/C17H24N5O/c1-17(2,3)22-15(9-13(21-22)12-7-5-6-8-12)19-14-10-18-11-16(20-14)23-4/h5,9-12H,6-8H2,1-4H3,(H,19,20)/t12-/m0/s1. The zero-order chi connectivity index (χ0) is 16.4. The van der Waals surface area contributed by atoms with Crippen molar-refractivity contribution in [2.24, 2.45) is 0 Å². The van der Waals surface area contributed by atoms with Crippen molar-refractivity contribution >= 4 is 11.6 Å². The van der Waals surface area contributed by atoms with E-state index in [9.17, 15) is 0 Å². The van der Waals surface area contributed by atoms with Gasteiger partial charge in [-0.05, 0) is 46.5 Å². The van der Waals surface area contributed by atoms with Crippen LogP contribution in [0.5, 0.6) is 5.88 Å². The molecule has 6 heteroatoms. The number of hydrogen-bond donors (Lipinski definition) is 1. The number of methoxy groups -OCH3 is 1. The molecule has 1 saturated carbocycles. The quantitative estimate of drug-likeness (QED) is 0.933. The third-order valence-electron chi connectivity index (χ3n) is 4.03. The SMILES string of the molecule is COc1cncc(Nc2cc([C@H]3C[CH]CC3)nn2C(C)(C)C)n1. The van der Waals surface area contributed by atoms with E-state index in [2.05, 4.69) is 48.5 Å². The third kappa shape index (κ3) is 3.46. The molecule has 1 radical (unpaired) electrons. The van der Waals surface area contributed by atoms with Crippen molar-refractivity contribution in [3.05, 3.63) is 30.6 Å². The van der Waals surface area contributed by atoms with Gasteiger partial charge in [0.05, 0.1) is 30.7 Å². The fourth-order valence-electron chi connectivity index (χ4n) is 2.86. The first-order valence-corrected chi connectivity index (χ1v) is 8.02. The Labute approximate surface area is 137 Å². The molecule has 1 N–H and O–H groups in total. The van der Waals surface area contributed by atoms with Crippen LogP contribution < -0.4 is 10.1 Å². The van der Waals surface area contributed by atoms with E-state index < -0.39 is 0 Å². The van der Waals surface area contributed by atoms with Gasteiger partial charge in [-0.1, -0.05) is 0 Å². The molecule has 123 valence electrons. The normalized spacial score (nSPS) is 15.8. The number of aromatic nitrogens is 4. The number of anilines is 2. The highest BCUT2D eigenvalue weighted by Crippen LogP contribution is 2.35. The first kappa shape index (κ1) is 15.8. The Morgan fingerprint density at radius 1 is 1.30 bits per heavy atom. The Kier molecular flexibility index (Phi) is 4.24. The lowest BCUT2D eigenvalue weighted by atomic mass is 10.0. The van der Waals surface area contributed by atoms with Gasteiger partial charge in [0, 0.05) is 12.0 Å². The van der Waals surface area contributed by atoms with E-state index in [0.717, 1.165) is 17.9 Å². The van der Waals surface area contributed by atoms with Crippen LogP contribution in [0, 0.1) is 6.42 Å². The molecular formula is C17H24N5O. The lowest BCUT2D eigenvalue weighted by Crippen LogP contribution is -2.25. The monoisotopic (exact) mass is 314 g/mol. The van der Waals surface area contributed by atoms with Gasteiger partial charge in [0.1, 0.15) is 5.82 Å². The fraction of sp³-hybridized carbons (Fsp3) is 0.529. The summed E-state index contributed by atoms with van der Waals surface area (Å²) in [6.07, 6.45) is 9.09. The van der Waals surface area contributed by atoms with Gasteiger partial charge in [0.2, 0.25) is 5.88 Å². The fourth-order valence-corrected chi connectivity index (χ4v) is 2.86. The molecule has 0 unspecified atom stereocenters. The van der Waals surface area contributed by atoms with Crippen LogP contribution in [0.25, 0.3) is 0 Å². The molecule has 1 atom stereocenters. The van der Waals surface area contributed by atoms with Crippen molar-refractivity contribution in [1.82, 2.24) is 19.7 Å². The maximum atomic E-state index is 5.14. The Balaban J connectivity index is 1.92. The second-order valence-electron chi connectivity index (χ2n) is 6.91. The zero-order valence-corrected chi connectivity index (χ0v) is 14.2. The van der Waals surface area contributed by atoms with Gasteiger partial charge in [0.15, 0.2) is 5.82 Å². The van der Waals surface area contributed by atoms with Crippen molar-refractivity contribution in [3.8, 4) is 5.88 Å². The average Bonchev–Trinajstić information content (AvgIpc) is 3.15. The summed E-state index contributed by atoms with van der Waals surface area (Å²) in [5.74, 6) is 2.60. The second kappa shape index (κ2) is 6.18. The van der Waals surface area contributed by atoms with E-state index in [1.807, 2.05) is 4.68 Å². The molecule has 1 fully saturated rings. The molecule has 0 bridgehead atoms. The van der Waals surface area contributed by atoms with E-state index in [1.165, 1.54) is 12.8 Å². The summed E-state index contributed by atoms with van der Waals surface area (Å²) in [4.78, 5) is 8.52. The molecule has 2 heterocycles. The first-order valence-electron chi connectivity index (χ1n) is 8.02. The van der Waals surface area contributed by atoms with Crippen LogP contribution in [0.2, 0.25) is 0 Å². The topological polar surface area (TPSA) is 64.9 Å². The summed E-state index contributed by atoms with van der Waals surface area (Å²) in [6, 6.07) is 2.14. The molecule has 2 aromatic heterocycles. The van der Waals surface area contributed by atoms with Crippen molar-refractivity contribution in [2.45, 2.75) is 51.5 Å². The Morgan fingerprint density at radius 3 is 2.78 bits per heavy atom. The highest BCUT2D eigenvalue weighted by Gasteiger charge is 2.25. The lowest BCUT2D eigenvalue weighted by molar-refractivity contribution is 0.357. The van der Waals surface area contributed by atoms with Gasteiger partial charge in [-0.2, -0.15) is 10.1 Å². The molecule has 0 aliphatic heterocycles. The van der Waals surface area contributed by atoms with Crippen molar-refractivity contribution < 1.29 is 4.74 Å². The van der Waals surface area contributed by atoms with E-state index in [0.29, 0.717) is 17.6 Å². The highest BCUT2D eigenvalue weighted by atomic mass is 16.5. The minimum atomic E-state index is -0.116. The summed E-state index contributed by atoms with van der Waals surface area (Å²) < 4.78 is 7.17. The van der Waals surface area contributed by atoms with Gasteiger partial charge >= 0.3 is 0 Å². The summed E-state index contributed by atoms with van der Waals surface area (Å²) >= 11 is 0. The predicted molar refractivity (Wildman–Crippen MR) is 90.0 cm³/mol. The molecule has 0 spiro atoms. The van der Waals surface area contributed by atoms with Crippen molar-refractivity contribution in [3.63, 3.8) is 0 Å². The maximum absolute atomic E-state index is 5.14. The van der Waals surface area contributed by atoms with Gasteiger partial charge < -0.3 is 10.1 Å². The summed E-state index contributed by atoms with van der Waals surface area (Å²) in [6.45, 7) is 6.44. The van der Waals surface area contributed by atoms with Gasteiger partial charge in [-0.3, -0.25) is 4.98 Å². The number of hydrogen-bond acceptors (Lipinski definition) is 5. The smallest absolute Gasteiger partial charge is 0.233 e. The van der Waals surface area contributed by atoms with Gasteiger partial charge in [-0.25, -0.2) is 4.68 Å². The summed E-state index contributed by atoms with van der Waals surface area (Å²) in [7, 11) is 1.59. The molecular weight excluding hydrogens is 290 g/mol. The summed E-state index contributed by atoms with van der Waals surface area (Å²) in [5, 5.41) is 8.19. The van der Waals surface area contributed by atoms with Gasteiger partial charge in [-0.15, -0.1) is 0 Å². The molecule has 6 nitrogen and oxygen atoms in total. The zero-order valence-electron chi connectivity index (χ0n) is 14.2. The molecule has 23 heavy (non-hydrogen) atoms. The summed E-state index contributed by atoms with van der Waals surface area (Å²) in [5.41, 5.74) is 1.03. The maximum Gasteiger partial charge on any atom is 0.233 e. The van der Waals surface area contributed by atoms with Crippen LogP contribution in [-0.2, 0) is 5.54 Å². The lowest BCUT2D eigenvalue weighted by Gasteiger charge is -2.22. The minimum absolute atomic E-state index is 0.116. The highest BCUT2D eigenvalue weighted by molar-refractivity contribution is 5.53. The molecule has 3 rings (SSSR count). The molecule has 0 aromatic carbocycles. The Bertz CT molecular complexity index is 668. The van der Waals surface area contributed by atoms with Crippen LogP contribution >= 0.6 is 0 Å². The molecule has 0 amide bonds. The van der Waals surface area contributed by atoms with E-state index in [4.69, 9.17) is 9.84 Å². The van der Waals surface area contributed by atoms with Crippen LogP contribution in [0.3, 0.4) is 0 Å². The third-order valence-corrected chi connectivity index (χ3v) is 4.03. The average molecular weight is 314 g/mol. The Hall–Kier alpha value is -2.11. The van der Waals surface area contributed by atoms with Crippen molar-refractivity contribution in [2.75, 3.05) is 12.4 Å². The van der Waals surface area contributed by atoms with Crippen molar-refractivity contribution in [1.29, 1.82) is 0 Å². The molecule has 0 saturated heterocycles. The minimum Gasteiger partial charge on any atom is -0.480 e. The number of nitrogens with zero attached hydrogens (tertiary/aromatic N) is 4. The van der Waals surface area contributed by atoms with Crippen LogP contribution in [-0.4, -0.2) is 26.9 Å². The predicted octanol–water partition coefficient (Wildman–Crippen LogP) is 3.65. The van der Waals surface area contributed by atoms with E-state index >= 15 is 0 Å². The van der Waals surface area contributed by atoms with Crippen LogP contribution in [0.1, 0.15) is 51.6 Å². The molecule has 1 aliphatic rings.